The van der Waals surface area contributed by atoms with Gasteiger partial charge >= 0.3 is 0 Å². The van der Waals surface area contributed by atoms with Crippen LogP contribution in [0.15, 0.2) is 24.3 Å². The summed E-state index contributed by atoms with van der Waals surface area (Å²) in [5.41, 5.74) is 1.94. The van der Waals surface area contributed by atoms with Gasteiger partial charge in [0.25, 0.3) is 0 Å². The molecule has 0 atom stereocenters. The van der Waals surface area contributed by atoms with Gasteiger partial charge in [0.05, 0.1) is 12.4 Å². The molecule has 0 unspecified atom stereocenters. The van der Waals surface area contributed by atoms with Crippen LogP contribution in [0.1, 0.15) is 12.5 Å². The lowest BCUT2D eigenvalue weighted by molar-refractivity contribution is 0.197. The molecule has 1 rings (SSSR count). The monoisotopic (exact) mass is 177 g/mol. The maximum Gasteiger partial charge on any atom is 0.0944 e. The predicted octanol–water partition coefficient (Wildman–Crippen LogP) is 2.07. The molecule has 0 aliphatic carbocycles. The summed E-state index contributed by atoms with van der Waals surface area (Å²) in [6.45, 7) is 1.61. The lowest BCUT2D eigenvalue weighted by atomic mass is 10.1. The fourth-order valence-electron chi connectivity index (χ4n) is 1.09. The first-order valence-corrected chi connectivity index (χ1v) is 4.21. The standard InChI is InChI=1S/C10H13N2O/c1-8(11)12-10-4-2-9(3-5-10)6-7-13/h2-5H,6-7H2,1H3,(H2,11,12). The summed E-state index contributed by atoms with van der Waals surface area (Å²) in [4.78, 5) is 0. The summed E-state index contributed by atoms with van der Waals surface area (Å²) in [5, 5.41) is 20.4. The molecule has 0 saturated heterocycles. The van der Waals surface area contributed by atoms with Gasteiger partial charge < -0.3 is 5.32 Å². The van der Waals surface area contributed by atoms with E-state index in [2.05, 4.69) is 5.32 Å². The summed E-state index contributed by atoms with van der Waals surface area (Å²) in [6, 6.07) is 7.57. The molecule has 0 bridgehead atoms. The fraction of sp³-hybridized carbons (Fsp3) is 0.300. The summed E-state index contributed by atoms with van der Waals surface area (Å²) in [5.74, 6) is 0.413. The highest BCUT2D eigenvalue weighted by molar-refractivity contribution is 5.90. The summed E-state index contributed by atoms with van der Waals surface area (Å²) < 4.78 is 0. The van der Waals surface area contributed by atoms with E-state index in [1.54, 1.807) is 6.92 Å². The highest BCUT2D eigenvalue weighted by atomic mass is 16.2. The van der Waals surface area contributed by atoms with Crippen LogP contribution in [0.25, 0.3) is 0 Å². The zero-order valence-corrected chi connectivity index (χ0v) is 7.63. The van der Waals surface area contributed by atoms with Crippen molar-refractivity contribution in [2.75, 3.05) is 11.9 Å². The highest BCUT2D eigenvalue weighted by Gasteiger charge is 1.94. The van der Waals surface area contributed by atoms with E-state index in [0.29, 0.717) is 12.3 Å². The molecule has 13 heavy (non-hydrogen) atoms. The molecule has 1 radical (unpaired) electrons. The number of nitrogens with one attached hydrogen (secondary N) is 2. The highest BCUT2D eigenvalue weighted by Crippen LogP contribution is 2.09. The van der Waals surface area contributed by atoms with Gasteiger partial charge in [-0.3, -0.25) is 5.41 Å². The van der Waals surface area contributed by atoms with Gasteiger partial charge in [-0.1, -0.05) is 12.1 Å². The SMILES string of the molecule is CC(=N)Nc1ccc(CC[O])cc1. The Labute approximate surface area is 77.9 Å². The molecule has 0 fully saturated rings. The smallest absolute Gasteiger partial charge is 0.0944 e. The van der Waals surface area contributed by atoms with Crippen molar-refractivity contribution in [1.29, 1.82) is 5.41 Å². The molecule has 3 heteroatoms. The van der Waals surface area contributed by atoms with Crippen LogP contribution in [-0.4, -0.2) is 12.4 Å². The van der Waals surface area contributed by atoms with E-state index in [9.17, 15) is 5.11 Å². The van der Waals surface area contributed by atoms with Gasteiger partial charge in [0.15, 0.2) is 0 Å². The van der Waals surface area contributed by atoms with Gasteiger partial charge in [-0.15, -0.1) is 0 Å². The number of rotatable bonds is 3. The zero-order chi connectivity index (χ0) is 9.68. The van der Waals surface area contributed by atoms with Crippen molar-refractivity contribution in [3.63, 3.8) is 0 Å². The van der Waals surface area contributed by atoms with Crippen LogP contribution in [0.5, 0.6) is 0 Å². The number of hydrogen-bond donors (Lipinski definition) is 2. The molecule has 0 aromatic heterocycles. The maximum atomic E-state index is 10.3. The van der Waals surface area contributed by atoms with Gasteiger partial charge in [0, 0.05) is 5.69 Å². The molecule has 1 aromatic rings. The Hall–Kier alpha value is -1.35. The van der Waals surface area contributed by atoms with Crippen LogP contribution >= 0.6 is 0 Å². The fourth-order valence-corrected chi connectivity index (χ4v) is 1.09. The van der Waals surface area contributed by atoms with Gasteiger partial charge in [0.2, 0.25) is 0 Å². The molecule has 0 aliphatic heterocycles. The molecule has 3 nitrogen and oxygen atoms in total. The van der Waals surface area contributed by atoms with E-state index >= 15 is 0 Å². The lowest BCUT2D eigenvalue weighted by Gasteiger charge is -2.04. The number of hydrogen-bond acceptors (Lipinski definition) is 1. The van der Waals surface area contributed by atoms with Crippen LogP contribution < -0.4 is 5.32 Å². The third-order valence-electron chi connectivity index (χ3n) is 1.68. The van der Waals surface area contributed by atoms with E-state index < -0.39 is 0 Å². The second kappa shape index (κ2) is 4.62. The second-order valence-corrected chi connectivity index (χ2v) is 2.90. The minimum absolute atomic E-state index is 0.0730. The van der Waals surface area contributed by atoms with Crippen molar-refractivity contribution in [2.24, 2.45) is 0 Å². The predicted molar refractivity (Wildman–Crippen MR) is 52.7 cm³/mol. The molecule has 0 aliphatic rings. The largest absolute Gasteiger partial charge is 0.344 e. The summed E-state index contributed by atoms with van der Waals surface area (Å²) >= 11 is 0. The third kappa shape index (κ3) is 3.25. The van der Waals surface area contributed by atoms with Crippen molar-refractivity contribution in [2.45, 2.75) is 13.3 Å². The van der Waals surface area contributed by atoms with Crippen molar-refractivity contribution >= 4 is 11.5 Å². The molecule has 0 spiro atoms. The van der Waals surface area contributed by atoms with Crippen LogP contribution in [0.2, 0.25) is 0 Å². The molecular weight excluding hydrogens is 164 g/mol. The third-order valence-corrected chi connectivity index (χ3v) is 1.68. The molecule has 0 saturated carbocycles. The average Bonchev–Trinajstić information content (AvgIpc) is 2.08. The van der Waals surface area contributed by atoms with Crippen molar-refractivity contribution in [3.8, 4) is 0 Å². The normalized spacial score (nSPS) is 9.69. The van der Waals surface area contributed by atoms with Gasteiger partial charge in [-0.2, -0.15) is 0 Å². The molecule has 69 valence electrons. The Kier molecular flexibility index (Phi) is 3.46. The Bertz CT molecular complexity index is 279. The minimum Gasteiger partial charge on any atom is -0.344 e. The average molecular weight is 177 g/mol. The first-order valence-electron chi connectivity index (χ1n) is 4.21. The minimum atomic E-state index is -0.0730. The van der Waals surface area contributed by atoms with E-state index in [1.165, 1.54) is 0 Å². The van der Waals surface area contributed by atoms with E-state index in [1.807, 2.05) is 24.3 Å². The molecule has 0 amide bonds. The summed E-state index contributed by atoms with van der Waals surface area (Å²) in [6.07, 6.45) is 0.573. The number of amidine groups is 1. The van der Waals surface area contributed by atoms with Gasteiger partial charge in [-0.05, 0) is 31.0 Å². The second-order valence-electron chi connectivity index (χ2n) is 2.90. The number of anilines is 1. The Balaban J connectivity index is 2.64. The van der Waals surface area contributed by atoms with Crippen molar-refractivity contribution in [3.05, 3.63) is 29.8 Å². The first kappa shape index (κ1) is 9.74. The van der Waals surface area contributed by atoms with Crippen LogP contribution in [0.4, 0.5) is 5.69 Å². The van der Waals surface area contributed by atoms with Gasteiger partial charge in [-0.25, -0.2) is 5.11 Å². The van der Waals surface area contributed by atoms with E-state index in [4.69, 9.17) is 5.41 Å². The van der Waals surface area contributed by atoms with Crippen molar-refractivity contribution in [1.82, 2.24) is 0 Å². The Morgan fingerprint density at radius 3 is 2.46 bits per heavy atom. The molecular formula is C10H13N2O. The number of benzene rings is 1. The summed E-state index contributed by atoms with van der Waals surface area (Å²) in [7, 11) is 0. The van der Waals surface area contributed by atoms with Crippen molar-refractivity contribution < 1.29 is 5.11 Å². The first-order chi connectivity index (χ1) is 6.22. The van der Waals surface area contributed by atoms with Crippen LogP contribution in [0.3, 0.4) is 0 Å². The zero-order valence-electron chi connectivity index (χ0n) is 7.63. The van der Waals surface area contributed by atoms with E-state index in [-0.39, 0.29) is 6.61 Å². The topological polar surface area (TPSA) is 55.8 Å². The van der Waals surface area contributed by atoms with Crippen LogP contribution in [-0.2, 0) is 11.5 Å². The maximum absolute atomic E-state index is 10.3. The Morgan fingerprint density at radius 2 is 2.00 bits per heavy atom. The molecule has 0 heterocycles. The van der Waals surface area contributed by atoms with Gasteiger partial charge in [0.1, 0.15) is 0 Å². The van der Waals surface area contributed by atoms with Crippen LogP contribution in [0, 0.1) is 5.41 Å². The Morgan fingerprint density at radius 1 is 1.38 bits per heavy atom. The quantitative estimate of drug-likeness (QED) is 0.539. The lowest BCUT2D eigenvalue weighted by Crippen LogP contribution is -2.04. The molecule has 1 aromatic carbocycles. The molecule has 2 N–H and O–H groups in total. The van der Waals surface area contributed by atoms with E-state index in [0.717, 1.165) is 11.3 Å².